The molecule has 0 amide bonds. The second-order valence-corrected chi connectivity index (χ2v) is 8.02. The highest BCUT2D eigenvalue weighted by atomic mass is 32.2. The zero-order valence-corrected chi connectivity index (χ0v) is 13.9. The van der Waals surface area contributed by atoms with Gasteiger partial charge < -0.3 is 19.4 Å². The summed E-state index contributed by atoms with van der Waals surface area (Å²) in [6, 6.07) is 0. The summed E-state index contributed by atoms with van der Waals surface area (Å²) < 4.78 is 11.3. The van der Waals surface area contributed by atoms with Crippen LogP contribution in [-0.2, 0) is 17.8 Å². The van der Waals surface area contributed by atoms with Gasteiger partial charge in [-0.25, -0.2) is 4.98 Å². The van der Waals surface area contributed by atoms with Gasteiger partial charge in [-0.15, -0.1) is 23.5 Å². The van der Waals surface area contributed by atoms with E-state index in [1.165, 1.54) is 24.2 Å². The molecule has 1 aromatic rings. The van der Waals surface area contributed by atoms with Gasteiger partial charge in [-0.05, 0) is 24.3 Å². The first-order chi connectivity index (χ1) is 10.2. The molecule has 0 bridgehead atoms. The minimum Gasteiger partial charge on any atom is -0.449 e. The summed E-state index contributed by atoms with van der Waals surface area (Å²) in [5, 5.41) is 19.1. The lowest BCUT2D eigenvalue weighted by Crippen LogP contribution is -2.25. The molecule has 0 radical (unpaired) electrons. The maximum atomic E-state index is 10.2. The fraction of sp³-hybridized carbons (Fsp3) is 0.786. The fourth-order valence-corrected chi connectivity index (χ4v) is 5.27. The Labute approximate surface area is 133 Å². The minimum absolute atomic E-state index is 0.0513. The molecule has 1 fully saturated rings. The van der Waals surface area contributed by atoms with Crippen molar-refractivity contribution >= 4 is 23.5 Å². The summed E-state index contributed by atoms with van der Waals surface area (Å²) in [6.07, 6.45) is 4.09. The number of oxazole rings is 1. The van der Waals surface area contributed by atoms with Crippen LogP contribution >= 0.6 is 23.5 Å². The smallest absolute Gasteiger partial charge is 0.196 e. The zero-order valence-electron chi connectivity index (χ0n) is 12.2. The van der Waals surface area contributed by atoms with Gasteiger partial charge in [-0.2, -0.15) is 0 Å². The largest absolute Gasteiger partial charge is 0.449 e. The van der Waals surface area contributed by atoms with Crippen LogP contribution in [0, 0.1) is 0 Å². The average Bonchev–Trinajstić information content (AvgIpc) is 2.95. The zero-order chi connectivity index (χ0) is 15.1. The number of nitrogens with zero attached hydrogens (tertiary/aromatic N) is 1. The van der Waals surface area contributed by atoms with Crippen LogP contribution in [0.3, 0.4) is 0 Å². The van der Waals surface area contributed by atoms with Gasteiger partial charge in [0.25, 0.3) is 0 Å². The Kier molecular flexibility index (Phi) is 7.39. The van der Waals surface area contributed by atoms with Crippen LogP contribution in [-0.4, -0.2) is 50.6 Å². The molecule has 120 valence electrons. The molecule has 0 aromatic carbocycles. The van der Waals surface area contributed by atoms with Crippen LogP contribution in [0.1, 0.15) is 30.8 Å². The van der Waals surface area contributed by atoms with Crippen molar-refractivity contribution in [1.29, 1.82) is 0 Å². The predicted molar refractivity (Wildman–Crippen MR) is 85.5 cm³/mol. The molecule has 7 heteroatoms. The topological polar surface area (TPSA) is 75.7 Å². The molecule has 5 nitrogen and oxygen atoms in total. The van der Waals surface area contributed by atoms with Gasteiger partial charge in [-0.1, -0.05) is 0 Å². The predicted octanol–water partition coefficient (Wildman–Crippen LogP) is 2.06. The average molecular weight is 333 g/mol. The lowest BCUT2D eigenvalue weighted by molar-refractivity contribution is 0.0409. The van der Waals surface area contributed by atoms with Crippen molar-refractivity contribution in [3.63, 3.8) is 0 Å². The molecule has 0 aliphatic carbocycles. The van der Waals surface area contributed by atoms with Crippen molar-refractivity contribution < 1.29 is 19.4 Å². The van der Waals surface area contributed by atoms with Gasteiger partial charge >= 0.3 is 0 Å². The molecule has 0 saturated carbocycles. The lowest BCUT2D eigenvalue weighted by Gasteiger charge is -2.26. The van der Waals surface area contributed by atoms with E-state index in [0.717, 1.165) is 6.42 Å². The van der Waals surface area contributed by atoms with Crippen LogP contribution in [0.2, 0.25) is 0 Å². The second-order valence-electron chi connectivity index (χ2n) is 5.10. The first kappa shape index (κ1) is 17.1. The Morgan fingerprint density at radius 1 is 1.48 bits per heavy atom. The SMILES string of the molecule is CO[C@H](CC1SCCCS1)C[C@H](O)Cc1nc(CO)co1. The van der Waals surface area contributed by atoms with E-state index in [2.05, 4.69) is 4.98 Å². The summed E-state index contributed by atoms with van der Waals surface area (Å²) in [5.41, 5.74) is 0.496. The number of ether oxygens (including phenoxy) is 1. The van der Waals surface area contributed by atoms with Crippen molar-refractivity contribution in [2.24, 2.45) is 0 Å². The van der Waals surface area contributed by atoms with E-state index >= 15 is 0 Å². The Hall–Kier alpha value is -0.210. The van der Waals surface area contributed by atoms with Gasteiger partial charge in [0.1, 0.15) is 12.0 Å². The van der Waals surface area contributed by atoms with Crippen molar-refractivity contribution in [1.82, 2.24) is 4.98 Å². The Balaban J connectivity index is 1.76. The molecule has 21 heavy (non-hydrogen) atoms. The van der Waals surface area contributed by atoms with Crippen molar-refractivity contribution in [2.75, 3.05) is 18.6 Å². The molecular formula is C14H23NO4S2. The number of rotatable bonds is 8. The van der Waals surface area contributed by atoms with Crippen LogP contribution in [0.15, 0.2) is 10.7 Å². The Morgan fingerprint density at radius 2 is 2.24 bits per heavy atom. The molecule has 0 unspecified atom stereocenters. The quantitative estimate of drug-likeness (QED) is 0.754. The standard InChI is InChI=1S/C14H23NO4S2/c1-18-12(7-14-20-3-2-4-21-14)5-11(17)6-13-15-10(8-16)9-19-13/h9,11-12,14,16-17H,2-8H2,1H3/t11-,12-/m0/s1. The van der Waals surface area contributed by atoms with E-state index in [1.807, 2.05) is 23.5 Å². The van der Waals surface area contributed by atoms with Crippen molar-refractivity contribution in [3.8, 4) is 0 Å². The fourth-order valence-electron chi connectivity index (χ4n) is 2.28. The number of aliphatic hydroxyl groups is 2. The van der Waals surface area contributed by atoms with Gasteiger partial charge in [0.05, 0.1) is 29.8 Å². The number of aliphatic hydroxyl groups excluding tert-OH is 2. The van der Waals surface area contributed by atoms with Crippen LogP contribution < -0.4 is 0 Å². The van der Waals surface area contributed by atoms with Crippen molar-refractivity contribution in [2.45, 2.75) is 49.1 Å². The highest BCUT2D eigenvalue weighted by molar-refractivity contribution is 8.17. The van der Waals surface area contributed by atoms with E-state index in [4.69, 9.17) is 14.3 Å². The molecule has 2 heterocycles. The highest BCUT2D eigenvalue weighted by Gasteiger charge is 2.23. The molecule has 2 N–H and O–H groups in total. The van der Waals surface area contributed by atoms with Crippen LogP contribution in [0.5, 0.6) is 0 Å². The molecule has 1 aliphatic rings. The molecule has 1 aliphatic heterocycles. The number of hydrogen-bond acceptors (Lipinski definition) is 7. The first-order valence-electron chi connectivity index (χ1n) is 7.19. The third-order valence-electron chi connectivity index (χ3n) is 3.39. The number of thioether (sulfide) groups is 2. The van der Waals surface area contributed by atoms with Crippen LogP contribution in [0.25, 0.3) is 0 Å². The minimum atomic E-state index is -0.543. The number of aromatic nitrogens is 1. The Bertz CT molecular complexity index is 409. The van der Waals surface area contributed by atoms with E-state index in [9.17, 15) is 5.11 Å². The van der Waals surface area contributed by atoms with Gasteiger partial charge in [0, 0.05) is 13.5 Å². The van der Waals surface area contributed by atoms with Gasteiger partial charge in [0.15, 0.2) is 5.89 Å². The van der Waals surface area contributed by atoms with E-state index in [1.54, 1.807) is 7.11 Å². The molecule has 1 aromatic heterocycles. The van der Waals surface area contributed by atoms with E-state index in [-0.39, 0.29) is 12.7 Å². The maximum Gasteiger partial charge on any atom is 0.196 e. The molecule has 2 atom stereocenters. The normalized spacial score (nSPS) is 19.6. The Morgan fingerprint density at radius 3 is 2.86 bits per heavy atom. The summed E-state index contributed by atoms with van der Waals surface area (Å²) in [4.78, 5) is 4.09. The summed E-state index contributed by atoms with van der Waals surface area (Å²) >= 11 is 3.97. The molecule has 0 spiro atoms. The summed E-state index contributed by atoms with van der Waals surface area (Å²) in [6.45, 7) is -0.142. The van der Waals surface area contributed by atoms with Gasteiger partial charge in [-0.3, -0.25) is 0 Å². The van der Waals surface area contributed by atoms with Crippen molar-refractivity contribution in [3.05, 3.63) is 17.8 Å². The highest BCUT2D eigenvalue weighted by Crippen LogP contribution is 2.34. The second kappa shape index (κ2) is 9.05. The summed E-state index contributed by atoms with van der Waals surface area (Å²) in [5.74, 6) is 2.90. The lowest BCUT2D eigenvalue weighted by atomic mass is 10.1. The molecule has 1 saturated heterocycles. The van der Waals surface area contributed by atoms with E-state index < -0.39 is 6.10 Å². The maximum absolute atomic E-state index is 10.2. The first-order valence-corrected chi connectivity index (χ1v) is 9.29. The monoisotopic (exact) mass is 333 g/mol. The third-order valence-corrected chi connectivity index (χ3v) is 6.39. The molecular weight excluding hydrogens is 310 g/mol. The van der Waals surface area contributed by atoms with E-state index in [0.29, 0.717) is 29.0 Å². The summed E-state index contributed by atoms with van der Waals surface area (Å²) in [7, 11) is 1.70. The molecule has 2 rings (SSSR count). The number of methoxy groups -OCH3 is 1. The van der Waals surface area contributed by atoms with Gasteiger partial charge in [0.2, 0.25) is 0 Å². The number of hydrogen-bond donors (Lipinski definition) is 2. The van der Waals surface area contributed by atoms with Crippen LogP contribution in [0.4, 0.5) is 0 Å². The third kappa shape index (κ3) is 5.83.